The number of alkyl halides is 3. The fraction of sp³-hybridized carbons (Fsp3) is 0.929. The Morgan fingerprint density at radius 3 is 2.38 bits per heavy atom. The molecule has 1 aliphatic heterocycles. The van der Waals surface area contributed by atoms with Crippen molar-refractivity contribution in [2.24, 2.45) is 5.92 Å². The van der Waals surface area contributed by atoms with Gasteiger partial charge in [0.1, 0.15) is 6.54 Å². The lowest BCUT2D eigenvalue weighted by Crippen LogP contribution is -2.52. The van der Waals surface area contributed by atoms with Gasteiger partial charge in [-0.1, -0.05) is 0 Å². The van der Waals surface area contributed by atoms with Crippen LogP contribution in [0.2, 0.25) is 0 Å². The molecule has 4 nitrogen and oxygen atoms in total. The molecule has 21 heavy (non-hydrogen) atoms. The van der Waals surface area contributed by atoms with E-state index < -0.39 is 24.7 Å². The van der Waals surface area contributed by atoms with E-state index in [9.17, 15) is 18.0 Å². The minimum Gasteiger partial charge on any atom is -0.346 e. The molecule has 0 bridgehead atoms. The van der Waals surface area contributed by atoms with Crippen molar-refractivity contribution < 1.29 is 18.0 Å². The highest BCUT2D eigenvalue weighted by Crippen LogP contribution is 2.28. The number of nitrogens with one attached hydrogen (secondary N) is 2. The maximum Gasteiger partial charge on any atom is 0.405 e. The Morgan fingerprint density at radius 2 is 1.86 bits per heavy atom. The van der Waals surface area contributed by atoms with Crippen LogP contribution in [0.3, 0.4) is 0 Å². The van der Waals surface area contributed by atoms with Crippen LogP contribution in [0, 0.1) is 5.92 Å². The van der Waals surface area contributed by atoms with Crippen LogP contribution in [0.25, 0.3) is 0 Å². The molecule has 0 aromatic carbocycles. The van der Waals surface area contributed by atoms with Crippen LogP contribution in [0.1, 0.15) is 32.6 Å². The van der Waals surface area contributed by atoms with Crippen LogP contribution in [-0.2, 0) is 4.79 Å². The number of hydrogen-bond donors (Lipinski definition) is 2. The van der Waals surface area contributed by atoms with Gasteiger partial charge in [0, 0.05) is 19.1 Å². The zero-order valence-electron chi connectivity index (χ0n) is 12.4. The smallest absolute Gasteiger partial charge is 0.346 e. The molecule has 7 heteroatoms. The second-order valence-corrected chi connectivity index (χ2v) is 6.17. The number of carbonyl (C=O) groups is 1. The molecular weight excluding hydrogens is 283 g/mol. The normalized spacial score (nSPS) is 23.0. The Morgan fingerprint density at radius 1 is 1.24 bits per heavy atom. The molecule has 0 aromatic rings. The van der Waals surface area contributed by atoms with E-state index in [2.05, 4.69) is 5.32 Å². The van der Waals surface area contributed by atoms with E-state index in [1.54, 1.807) is 6.92 Å². The predicted molar refractivity (Wildman–Crippen MR) is 73.8 cm³/mol. The molecule has 2 fully saturated rings. The quantitative estimate of drug-likeness (QED) is 0.782. The molecule has 2 aliphatic rings. The predicted octanol–water partition coefficient (Wildman–Crippen LogP) is 1.52. The van der Waals surface area contributed by atoms with Crippen molar-refractivity contribution in [1.29, 1.82) is 0 Å². The summed E-state index contributed by atoms with van der Waals surface area (Å²) >= 11 is 0. The Labute approximate surface area is 123 Å². The first kappa shape index (κ1) is 16.5. The molecule has 0 spiro atoms. The first-order chi connectivity index (χ1) is 9.85. The lowest BCUT2D eigenvalue weighted by molar-refractivity contribution is -0.141. The molecule has 1 amide bonds. The highest BCUT2D eigenvalue weighted by atomic mass is 19.4. The lowest BCUT2D eigenvalue weighted by atomic mass is 10.0. The van der Waals surface area contributed by atoms with Crippen molar-refractivity contribution in [3.8, 4) is 0 Å². The van der Waals surface area contributed by atoms with E-state index >= 15 is 0 Å². The molecule has 122 valence electrons. The summed E-state index contributed by atoms with van der Waals surface area (Å²) in [5.41, 5.74) is 0. The minimum atomic E-state index is -4.35. The number of piperidine rings is 1. The number of amides is 1. The molecular formula is C14H24F3N3O. The van der Waals surface area contributed by atoms with Gasteiger partial charge in [-0.05, 0) is 45.1 Å². The number of carbonyl (C=O) groups excluding carboxylic acids is 1. The Kier molecular flexibility index (Phi) is 5.48. The fourth-order valence-electron chi connectivity index (χ4n) is 2.65. The Bertz CT molecular complexity index is 350. The van der Waals surface area contributed by atoms with Crippen LogP contribution >= 0.6 is 0 Å². The Balaban J connectivity index is 1.66. The van der Waals surface area contributed by atoms with Gasteiger partial charge in [-0.15, -0.1) is 0 Å². The number of likely N-dealkylation sites (tertiary alicyclic amines) is 1. The van der Waals surface area contributed by atoms with Gasteiger partial charge in [-0.25, -0.2) is 0 Å². The fourth-order valence-corrected chi connectivity index (χ4v) is 2.65. The van der Waals surface area contributed by atoms with Gasteiger partial charge in [0.15, 0.2) is 0 Å². The van der Waals surface area contributed by atoms with Crippen LogP contribution in [0.4, 0.5) is 13.2 Å². The monoisotopic (exact) mass is 307 g/mol. The van der Waals surface area contributed by atoms with Gasteiger partial charge in [-0.2, -0.15) is 13.2 Å². The molecule has 1 heterocycles. The minimum absolute atomic E-state index is 0.479. The van der Waals surface area contributed by atoms with Gasteiger partial charge >= 0.3 is 6.18 Å². The summed E-state index contributed by atoms with van der Waals surface area (Å²) in [5.74, 6) is 0.298. The molecule has 0 radical (unpaired) electrons. The van der Waals surface area contributed by atoms with Crippen molar-refractivity contribution in [3.63, 3.8) is 0 Å². The van der Waals surface area contributed by atoms with Crippen LogP contribution in [-0.4, -0.2) is 55.2 Å². The van der Waals surface area contributed by atoms with E-state index in [4.69, 9.17) is 0 Å². The van der Waals surface area contributed by atoms with E-state index in [1.807, 2.05) is 10.2 Å². The molecule has 2 N–H and O–H groups in total. The second kappa shape index (κ2) is 6.96. The zero-order valence-corrected chi connectivity index (χ0v) is 12.4. The first-order valence-electron chi connectivity index (χ1n) is 7.67. The molecule has 1 saturated carbocycles. The molecule has 0 aromatic heterocycles. The highest BCUT2D eigenvalue weighted by molar-refractivity contribution is 5.81. The van der Waals surface area contributed by atoms with Gasteiger partial charge in [0.05, 0.1) is 6.04 Å². The third-order valence-electron chi connectivity index (χ3n) is 4.31. The van der Waals surface area contributed by atoms with E-state index in [0.717, 1.165) is 38.4 Å². The SMILES string of the molecule is CC(C(=O)NCC(F)(F)F)N1CCC(NCC2CC2)CC1. The maximum absolute atomic E-state index is 12.1. The van der Waals surface area contributed by atoms with Gasteiger partial charge in [0.2, 0.25) is 5.91 Å². The van der Waals surface area contributed by atoms with Crippen LogP contribution < -0.4 is 10.6 Å². The van der Waals surface area contributed by atoms with Crippen molar-refractivity contribution in [2.75, 3.05) is 26.2 Å². The summed E-state index contributed by atoms with van der Waals surface area (Å²) in [6.45, 7) is 3.00. The summed E-state index contributed by atoms with van der Waals surface area (Å²) in [5, 5.41) is 5.50. The number of halogens is 3. The molecule has 1 aliphatic carbocycles. The molecule has 2 rings (SSSR count). The average Bonchev–Trinajstić information content (AvgIpc) is 3.25. The molecule has 1 unspecified atom stereocenters. The van der Waals surface area contributed by atoms with E-state index in [1.165, 1.54) is 12.8 Å². The zero-order chi connectivity index (χ0) is 15.5. The third-order valence-corrected chi connectivity index (χ3v) is 4.31. The van der Waals surface area contributed by atoms with Crippen LogP contribution in [0.5, 0.6) is 0 Å². The number of nitrogens with zero attached hydrogens (tertiary/aromatic N) is 1. The van der Waals surface area contributed by atoms with Crippen molar-refractivity contribution in [2.45, 2.75) is 50.9 Å². The van der Waals surface area contributed by atoms with E-state index in [0.29, 0.717) is 6.04 Å². The summed E-state index contributed by atoms with van der Waals surface area (Å²) < 4.78 is 36.3. The Hall–Kier alpha value is -0.820. The van der Waals surface area contributed by atoms with Crippen molar-refractivity contribution in [1.82, 2.24) is 15.5 Å². The van der Waals surface area contributed by atoms with Crippen molar-refractivity contribution >= 4 is 5.91 Å². The number of hydrogen-bond acceptors (Lipinski definition) is 3. The molecule has 1 saturated heterocycles. The standard InChI is InChI=1S/C14H24F3N3O/c1-10(13(21)19-9-14(15,16)17)20-6-4-12(5-7-20)18-8-11-2-3-11/h10-12,18H,2-9H2,1H3,(H,19,21). The van der Waals surface area contributed by atoms with E-state index in [-0.39, 0.29) is 0 Å². The lowest BCUT2D eigenvalue weighted by Gasteiger charge is -2.35. The maximum atomic E-state index is 12.1. The summed E-state index contributed by atoms with van der Waals surface area (Å²) in [6, 6.07) is -0.0241. The first-order valence-corrected chi connectivity index (χ1v) is 7.67. The highest BCUT2D eigenvalue weighted by Gasteiger charge is 2.31. The second-order valence-electron chi connectivity index (χ2n) is 6.17. The third kappa shape index (κ3) is 5.82. The summed E-state index contributed by atoms with van der Waals surface area (Å²) in [4.78, 5) is 13.7. The summed E-state index contributed by atoms with van der Waals surface area (Å²) in [6.07, 6.45) is 0.187. The number of rotatable bonds is 6. The summed E-state index contributed by atoms with van der Waals surface area (Å²) in [7, 11) is 0. The van der Waals surface area contributed by atoms with Crippen LogP contribution in [0.15, 0.2) is 0 Å². The largest absolute Gasteiger partial charge is 0.405 e. The molecule has 1 atom stereocenters. The van der Waals surface area contributed by atoms with Gasteiger partial charge in [-0.3, -0.25) is 9.69 Å². The van der Waals surface area contributed by atoms with Gasteiger partial charge < -0.3 is 10.6 Å². The average molecular weight is 307 g/mol. The van der Waals surface area contributed by atoms with Crippen molar-refractivity contribution in [3.05, 3.63) is 0 Å². The van der Waals surface area contributed by atoms with Gasteiger partial charge in [0.25, 0.3) is 0 Å². The topological polar surface area (TPSA) is 44.4 Å².